The molecule has 21 heavy (non-hydrogen) atoms. The number of carbonyl (C=O) groups is 1. The van der Waals surface area contributed by atoms with Gasteiger partial charge in [-0.25, -0.2) is 0 Å². The van der Waals surface area contributed by atoms with E-state index in [1.807, 2.05) is 73.7 Å². The van der Waals surface area contributed by atoms with Crippen molar-refractivity contribution in [3.8, 4) is 0 Å². The highest BCUT2D eigenvalue weighted by Gasteiger charge is 2.21. The van der Waals surface area contributed by atoms with E-state index in [4.69, 9.17) is 11.6 Å². The number of benzene rings is 3. The molecular formula is C19H15ClO. The molecule has 0 aromatic heterocycles. The number of ketones is 1. The first-order chi connectivity index (χ1) is 10.2. The molecule has 2 heteroatoms. The van der Waals surface area contributed by atoms with E-state index in [1.165, 1.54) is 0 Å². The lowest BCUT2D eigenvalue weighted by Crippen LogP contribution is -2.08. The molecule has 0 saturated carbocycles. The Morgan fingerprint density at radius 3 is 2.19 bits per heavy atom. The molecule has 0 spiro atoms. The Balaban J connectivity index is 2.09. The summed E-state index contributed by atoms with van der Waals surface area (Å²) in [6, 6.07) is 21.3. The molecule has 3 aromatic rings. The van der Waals surface area contributed by atoms with Gasteiger partial charge < -0.3 is 0 Å². The maximum absolute atomic E-state index is 12.7. The number of fused-ring (bicyclic) bond motifs is 1. The maximum Gasteiger partial charge on any atom is 0.185 e. The van der Waals surface area contributed by atoms with Gasteiger partial charge in [-0.3, -0.25) is 4.79 Å². The van der Waals surface area contributed by atoms with E-state index in [0.717, 1.165) is 21.9 Å². The van der Waals surface area contributed by atoms with Gasteiger partial charge in [0.2, 0.25) is 0 Å². The third-order valence-electron chi connectivity index (χ3n) is 3.73. The predicted molar refractivity (Wildman–Crippen MR) is 88.1 cm³/mol. The zero-order chi connectivity index (χ0) is 14.8. The fourth-order valence-corrected chi connectivity index (χ4v) is 2.84. The molecule has 0 aliphatic rings. The summed E-state index contributed by atoms with van der Waals surface area (Å²) in [6.45, 7) is 2.05. The molecule has 0 bridgehead atoms. The quantitative estimate of drug-likeness (QED) is 0.472. The average Bonchev–Trinajstić information content (AvgIpc) is 2.55. The van der Waals surface area contributed by atoms with Crippen molar-refractivity contribution in [2.45, 2.75) is 12.3 Å². The van der Waals surface area contributed by atoms with Gasteiger partial charge >= 0.3 is 0 Å². The molecule has 0 saturated heterocycles. The molecule has 1 atom stereocenters. The van der Waals surface area contributed by atoms with Crippen LogP contribution in [-0.4, -0.2) is 5.78 Å². The first-order valence-corrected chi connectivity index (χ1v) is 7.33. The second-order valence-corrected chi connectivity index (χ2v) is 5.55. The van der Waals surface area contributed by atoms with Gasteiger partial charge in [0.15, 0.2) is 5.78 Å². The Morgan fingerprint density at radius 1 is 0.857 bits per heavy atom. The number of carbonyl (C=O) groups excluding carboxylic acids is 1. The molecule has 3 aromatic carbocycles. The van der Waals surface area contributed by atoms with Gasteiger partial charge in [0.1, 0.15) is 5.38 Å². The monoisotopic (exact) mass is 294 g/mol. The lowest BCUT2D eigenvalue weighted by atomic mass is 9.95. The summed E-state index contributed by atoms with van der Waals surface area (Å²) in [4.78, 5) is 12.7. The minimum atomic E-state index is -0.655. The van der Waals surface area contributed by atoms with Crippen molar-refractivity contribution in [1.29, 1.82) is 0 Å². The van der Waals surface area contributed by atoms with Crippen LogP contribution in [0.1, 0.15) is 26.9 Å². The van der Waals surface area contributed by atoms with Crippen LogP contribution in [0.4, 0.5) is 0 Å². The van der Waals surface area contributed by atoms with Gasteiger partial charge in [-0.1, -0.05) is 66.7 Å². The van der Waals surface area contributed by atoms with Crippen LogP contribution in [-0.2, 0) is 0 Å². The molecule has 0 aliphatic carbocycles. The minimum absolute atomic E-state index is 0.0564. The SMILES string of the molecule is Cc1ccc(C(=O)C(Cl)c2ccccc2)c2ccccc12. The summed E-state index contributed by atoms with van der Waals surface area (Å²) in [7, 11) is 0. The van der Waals surface area contributed by atoms with Crippen LogP contribution in [0.3, 0.4) is 0 Å². The molecule has 3 rings (SSSR count). The standard InChI is InChI=1S/C19H15ClO/c1-13-11-12-17(16-10-6-5-9-15(13)16)19(21)18(20)14-7-3-2-4-8-14/h2-12,18H,1H3. The van der Waals surface area contributed by atoms with E-state index in [9.17, 15) is 4.79 Å². The molecule has 1 unspecified atom stereocenters. The molecule has 0 N–H and O–H groups in total. The smallest absolute Gasteiger partial charge is 0.185 e. The number of halogens is 1. The van der Waals surface area contributed by atoms with Crippen LogP contribution in [0.15, 0.2) is 66.7 Å². The van der Waals surface area contributed by atoms with Gasteiger partial charge in [0.25, 0.3) is 0 Å². The Bertz CT molecular complexity index is 793. The Kier molecular flexibility index (Phi) is 3.76. The predicted octanol–water partition coefficient (Wildman–Crippen LogP) is 5.31. The van der Waals surface area contributed by atoms with Crippen molar-refractivity contribution in [3.63, 3.8) is 0 Å². The summed E-state index contributed by atoms with van der Waals surface area (Å²) in [5.74, 6) is -0.0564. The van der Waals surface area contributed by atoms with Crippen LogP contribution in [0.5, 0.6) is 0 Å². The lowest BCUT2D eigenvalue weighted by Gasteiger charge is -2.12. The largest absolute Gasteiger partial charge is 0.292 e. The number of hydrogen-bond donors (Lipinski definition) is 0. The van der Waals surface area contributed by atoms with Crippen LogP contribution in [0.25, 0.3) is 10.8 Å². The zero-order valence-electron chi connectivity index (χ0n) is 11.7. The summed E-state index contributed by atoms with van der Waals surface area (Å²) in [5.41, 5.74) is 2.67. The molecular weight excluding hydrogens is 280 g/mol. The molecule has 1 nitrogen and oxygen atoms in total. The number of aryl methyl sites for hydroxylation is 1. The first-order valence-electron chi connectivity index (χ1n) is 6.90. The maximum atomic E-state index is 12.7. The Labute approximate surface area is 129 Å². The second-order valence-electron chi connectivity index (χ2n) is 5.11. The molecule has 104 valence electrons. The summed E-state index contributed by atoms with van der Waals surface area (Å²) in [5, 5.41) is 1.40. The molecule has 0 aliphatic heterocycles. The summed E-state index contributed by atoms with van der Waals surface area (Å²) in [6.07, 6.45) is 0. The van der Waals surface area contributed by atoms with Gasteiger partial charge in [0.05, 0.1) is 0 Å². The van der Waals surface area contributed by atoms with Crippen molar-refractivity contribution in [2.24, 2.45) is 0 Å². The third-order valence-corrected chi connectivity index (χ3v) is 4.18. The molecule has 0 heterocycles. The van der Waals surface area contributed by atoms with Crippen molar-refractivity contribution < 1.29 is 4.79 Å². The van der Waals surface area contributed by atoms with E-state index < -0.39 is 5.38 Å². The van der Waals surface area contributed by atoms with E-state index in [0.29, 0.717) is 5.56 Å². The van der Waals surface area contributed by atoms with Gasteiger partial charge in [-0.05, 0) is 28.8 Å². The molecule has 0 radical (unpaired) electrons. The van der Waals surface area contributed by atoms with Crippen LogP contribution < -0.4 is 0 Å². The lowest BCUT2D eigenvalue weighted by molar-refractivity contribution is 0.0988. The molecule has 0 amide bonds. The van der Waals surface area contributed by atoms with Gasteiger partial charge in [-0.2, -0.15) is 0 Å². The fourth-order valence-electron chi connectivity index (χ4n) is 2.57. The van der Waals surface area contributed by atoms with E-state index in [1.54, 1.807) is 0 Å². The number of alkyl halides is 1. The highest BCUT2D eigenvalue weighted by Crippen LogP contribution is 2.29. The van der Waals surface area contributed by atoms with Crippen molar-refractivity contribution in [3.05, 3.63) is 83.4 Å². The van der Waals surface area contributed by atoms with E-state index in [-0.39, 0.29) is 5.78 Å². The average molecular weight is 295 g/mol. The highest BCUT2D eigenvalue weighted by molar-refractivity contribution is 6.35. The normalized spacial score (nSPS) is 12.3. The zero-order valence-corrected chi connectivity index (χ0v) is 12.5. The first kappa shape index (κ1) is 13.8. The van der Waals surface area contributed by atoms with E-state index >= 15 is 0 Å². The van der Waals surface area contributed by atoms with Crippen molar-refractivity contribution >= 4 is 28.2 Å². The number of hydrogen-bond acceptors (Lipinski definition) is 1. The van der Waals surface area contributed by atoms with Crippen LogP contribution in [0, 0.1) is 6.92 Å². The summed E-state index contributed by atoms with van der Waals surface area (Å²) < 4.78 is 0. The highest BCUT2D eigenvalue weighted by atomic mass is 35.5. The topological polar surface area (TPSA) is 17.1 Å². The number of Topliss-reactive ketones (excluding diaryl/α,β-unsaturated/α-hetero) is 1. The molecule has 0 fully saturated rings. The van der Waals surface area contributed by atoms with Crippen LogP contribution >= 0.6 is 11.6 Å². The van der Waals surface area contributed by atoms with E-state index in [2.05, 4.69) is 0 Å². The van der Waals surface area contributed by atoms with Gasteiger partial charge in [-0.15, -0.1) is 11.6 Å². The van der Waals surface area contributed by atoms with Crippen LogP contribution in [0.2, 0.25) is 0 Å². The van der Waals surface area contributed by atoms with Gasteiger partial charge in [0, 0.05) is 5.56 Å². The summed E-state index contributed by atoms with van der Waals surface area (Å²) >= 11 is 6.38. The fraction of sp³-hybridized carbons (Fsp3) is 0.105. The third kappa shape index (κ3) is 2.57. The Morgan fingerprint density at radius 2 is 1.48 bits per heavy atom. The minimum Gasteiger partial charge on any atom is -0.292 e. The second kappa shape index (κ2) is 5.71. The Hall–Kier alpha value is -2.12. The number of rotatable bonds is 3. The van der Waals surface area contributed by atoms with Crippen molar-refractivity contribution in [1.82, 2.24) is 0 Å². The van der Waals surface area contributed by atoms with Crippen molar-refractivity contribution in [2.75, 3.05) is 0 Å².